The van der Waals surface area contributed by atoms with Crippen molar-refractivity contribution in [3.8, 4) is 11.5 Å². The molecule has 4 aromatic rings. The Morgan fingerprint density at radius 1 is 0.930 bits per heavy atom. The highest BCUT2D eigenvalue weighted by Crippen LogP contribution is 2.54. The number of hydrogen-bond acceptors (Lipinski definition) is 5. The molecule has 0 bridgehead atoms. The molecule has 0 fully saturated rings. The van der Waals surface area contributed by atoms with E-state index in [-0.39, 0.29) is 12.2 Å². The Bertz CT molecular complexity index is 1760. The van der Waals surface area contributed by atoms with Crippen molar-refractivity contribution in [3.63, 3.8) is 0 Å². The Morgan fingerprint density at radius 3 is 2.44 bits per heavy atom. The number of hydrogen-bond donors (Lipinski definition) is 1. The first-order chi connectivity index (χ1) is 20.9. The van der Waals surface area contributed by atoms with Crippen molar-refractivity contribution in [1.82, 2.24) is 14.8 Å². The van der Waals surface area contributed by atoms with Gasteiger partial charge < -0.3 is 19.4 Å². The largest absolute Gasteiger partial charge is 0.475 e. The zero-order valence-corrected chi connectivity index (χ0v) is 25.6. The molecule has 2 unspecified atom stereocenters. The maximum Gasteiger partial charge on any atom is 0.331 e. The first kappa shape index (κ1) is 28.6. The summed E-state index contributed by atoms with van der Waals surface area (Å²) in [5.74, 6) is 1.03. The van der Waals surface area contributed by atoms with Crippen molar-refractivity contribution in [2.24, 2.45) is 0 Å². The number of fused-ring (bicyclic) bond motifs is 2. The Balaban J connectivity index is 1.63. The first-order valence-corrected chi connectivity index (χ1v) is 15.2. The van der Waals surface area contributed by atoms with Gasteiger partial charge >= 0.3 is 5.97 Å². The number of benzene rings is 3. The van der Waals surface area contributed by atoms with E-state index in [2.05, 4.69) is 73.7 Å². The summed E-state index contributed by atoms with van der Waals surface area (Å²) in [6.45, 7) is 13.2. The highest BCUT2D eigenvalue weighted by Gasteiger charge is 2.55. The summed E-state index contributed by atoms with van der Waals surface area (Å²) in [5, 5.41) is 4.47. The van der Waals surface area contributed by atoms with Crippen molar-refractivity contribution in [3.05, 3.63) is 125 Å². The average molecular weight is 574 g/mol. The van der Waals surface area contributed by atoms with Crippen LogP contribution in [0.5, 0.6) is 11.5 Å². The van der Waals surface area contributed by atoms with E-state index in [1.165, 1.54) is 0 Å². The molecule has 6 nitrogen and oxygen atoms in total. The van der Waals surface area contributed by atoms with E-state index in [4.69, 9.17) is 9.47 Å². The van der Waals surface area contributed by atoms with Crippen LogP contribution < -0.4 is 14.8 Å². The second kappa shape index (κ2) is 11.6. The Hall–Kier alpha value is -4.55. The molecule has 43 heavy (non-hydrogen) atoms. The van der Waals surface area contributed by atoms with E-state index in [1.54, 1.807) is 0 Å². The maximum absolute atomic E-state index is 14.6. The lowest BCUT2D eigenvalue weighted by Crippen LogP contribution is -2.38. The van der Waals surface area contributed by atoms with Gasteiger partial charge in [0.15, 0.2) is 0 Å². The van der Waals surface area contributed by atoms with Gasteiger partial charge in [0.1, 0.15) is 23.1 Å². The SMILES string of the molecule is CCN(CC)C(C)Oc1ccc(C2(c3c(C)n(CC)c4ccccc34)C(=O)Oc3cccc(C4=CC=CC=CN4)c32)cc1. The molecular formula is C37H39N3O3. The molecule has 6 rings (SSSR count). The van der Waals surface area contributed by atoms with E-state index in [1.807, 2.05) is 73.0 Å². The van der Waals surface area contributed by atoms with Crippen LogP contribution >= 0.6 is 0 Å². The summed E-state index contributed by atoms with van der Waals surface area (Å²) in [4.78, 5) is 16.9. The van der Waals surface area contributed by atoms with Crippen LogP contribution in [-0.2, 0) is 16.8 Å². The van der Waals surface area contributed by atoms with Gasteiger partial charge in [0, 0.05) is 51.7 Å². The average Bonchev–Trinajstić information content (AvgIpc) is 3.30. The molecule has 0 saturated heterocycles. The van der Waals surface area contributed by atoms with Crippen molar-refractivity contribution >= 4 is 22.6 Å². The number of allylic oxidation sites excluding steroid dienone is 4. The highest BCUT2D eigenvalue weighted by atomic mass is 16.5. The molecular weight excluding hydrogens is 534 g/mol. The minimum Gasteiger partial charge on any atom is -0.475 e. The number of nitrogens with zero attached hydrogens (tertiary/aromatic N) is 2. The lowest BCUT2D eigenvalue weighted by molar-refractivity contribution is -0.135. The molecule has 1 N–H and O–H groups in total. The Labute approximate surface area is 253 Å². The number of aromatic nitrogens is 1. The molecule has 6 heteroatoms. The molecule has 0 amide bonds. The summed E-state index contributed by atoms with van der Waals surface area (Å²) in [6.07, 6.45) is 9.82. The number of aryl methyl sites for hydroxylation is 1. The fourth-order valence-electron chi connectivity index (χ4n) is 6.87. The van der Waals surface area contributed by atoms with Crippen LogP contribution in [0, 0.1) is 6.92 Å². The van der Waals surface area contributed by atoms with E-state index in [9.17, 15) is 4.79 Å². The van der Waals surface area contributed by atoms with Crippen LogP contribution in [0.2, 0.25) is 0 Å². The molecule has 0 spiro atoms. The smallest absolute Gasteiger partial charge is 0.331 e. The van der Waals surface area contributed by atoms with E-state index >= 15 is 0 Å². The van der Waals surface area contributed by atoms with Crippen LogP contribution in [0.25, 0.3) is 16.6 Å². The zero-order valence-electron chi connectivity index (χ0n) is 25.6. The zero-order chi connectivity index (χ0) is 30.1. The fraction of sp³-hybridized carbons (Fsp3) is 0.270. The quantitative estimate of drug-likeness (QED) is 0.129. The van der Waals surface area contributed by atoms with E-state index < -0.39 is 5.41 Å². The van der Waals surface area contributed by atoms with Gasteiger partial charge in [0.05, 0.1) is 0 Å². The summed E-state index contributed by atoms with van der Waals surface area (Å²) in [5.41, 5.74) is 5.39. The molecule has 220 valence electrons. The summed E-state index contributed by atoms with van der Waals surface area (Å²) < 4.78 is 14.8. The Morgan fingerprint density at radius 2 is 1.70 bits per heavy atom. The second-order valence-electron chi connectivity index (χ2n) is 11.0. The van der Waals surface area contributed by atoms with Gasteiger partial charge in [-0.25, -0.2) is 4.79 Å². The van der Waals surface area contributed by atoms with Crippen LogP contribution in [0.4, 0.5) is 0 Å². The third-order valence-electron chi connectivity index (χ3n) is 8.86. The lowest BCUT2D eigenvalue weighted by Gasteiger charge is -2.31. The molecule has 3 aromatic carbocycles. The molecule has 0 radical (unpaired) electrons. The standard InChI is InChI=1S/C37H39N3O3/c1-6-39(7-2)26(5)42-28-22-20-27(21-23-28)37(34-25(4)40(8-3)32-18-12-11-15-30(32)34)35-29(31-17-10-9-13-24-38-31)16-14-19-33(35)43-36(37)41/h9-24,26,38H,6-8H2,1-5H3. The van der Waals surface area contributed by atoms with Gasteiger partial charge in [-0.05, 0) is 75.8 Å². The van der Waals surface area contributed by atoms with Gasteiger partial charge in [-0.2, -0.15) is 0 Å². The number of rotatable bonds is 9. The van der Waals surface area contributed by atoms with Gasteiger partial charge in [-0.15, -0.1) is 0 Å². The van der Waals surface area contributed by atoms with Gasteiger partial charge in [0.25, 0.3) is 0 Å². The number of ether oxygens (including phenoxy) is 2. The predicted molar refractivity (Wildman–Crippen MR) is 173 cm³/mol. The van der Waals surface area contributed by atoms with Gasteiger partial charge in [0.2, 0.25) is 0 Å². The topological polar surface area (TPSA) is 55.7 Å². The third-order valence-corrected chi connectivity index (χ3v) is 8.86. The number of carbonyl (C=O) groups excluding carboxylic acids is 1. The monoisotopic (exact) mass is 573 g/mol. The van der Waals surface area contributed by atoms with E-state index in [0.29, 0.717) is 5.75 Å². The number of para-hydroxylation sites is 1. The van der Waals surface area contributed by atoms with Crippen molar-refractivity contribution < 1.29 is 14.3 Å². The summed E-state index contributed by atoms with van der Waals surface area (Å²) >= 11 is 0. The van der Waals surface area contributed by atoms with Crippen LogP contribution in [0.15, 0.2) is 97.2 Å². The maximum atomic E-state index is 14.6. The van der Waals surface area contributed by atoms with Crippen LogP contribution in [-0.4, -0.2) is 34.8 Å². The van der Waals surface area contributed by atoms with Gasteiger partial charge in [-0.3, -0.25) is 4.90 Å². The van der Waals surface area contributed by atoms with Gasteiger partial charge in [-0.1, -0.05) is 68.5 Å². The predicted octanol–water partition coefficient (Wildman–Crippen LogP) is 7.30. The minimum atomic E-state index is -1.21. The summed E-state index contributed by atoms with van der Waals surface area (Å²) in [6, 6.07) is 22.3. The molecule has 2 aliphatic heterocycles. The van der Waals surface area contributed by atoms with E-state index in [0.717, 1.165) is 69.9 Å². The van der Waals surface area contributed by atoms with Crippen molar-refractivity contribution in [1.29, 1.82) is 0 Å². The fourth-order valence-corrected chi connectivity index (χ4v) is 6.87. The number of esters is 1. The lowest BCUT2D eigenvalue weighted by atomic mass is 9.67. The minimum absolute atomic E-state index is 0.0716. The molecule has 0 saturated carbocycles. The normalized spacial score (nSPS) is 18.3. The molecule has 1 aromatic heterocycles. The highest BCUT2D eigenvalue weighted by molar-refractivity contribution is 6.05. The van der Waals surface area contributed by atoms with Crippen molar-refractivity contribution in [2.45, 2.75) is 52.8 Å². The number of carbonyl (C=O) groups is 1. The second-order valence-corrected chi connectivity index (χ2v) is 11.0. The molecule has 2 atom stereocenters. The first-order valence-electron chi connectivity index (χ1n) is 15.2. The van der Waals surface area contributed by atoms with Crippen molar-refractivity contribution in [2.75, 3.05) is 13.1 Å². The third kappa shape index (κ3) is 4.57. The Kier molecular flexibility index (Phi) is 7.72. The molecule has 2 aliphatic rings. The molecule has 3 heterocycles. The summed E-state index contributed by atoms with van der Waals surface area (Å²) in [7, 11) is 0. The number of nitrogens with one attached hydrogen (secondary N) is 1. The molecule has 0 aliphatic carbocycles. The van der Waals surface area contributed by atoms with Crippen LogP contribution in [0.3, 0.4) is 0 Å². The van der Waals surface area contributed by atoms with Crippen LogP contribution in [0.1, 0.15) is 55.6 Å².